The Morgan fingerprint density at radius 2 is 1.62 bits per heavy atom. The number of alkyl carbamates (subject to hydrolysis) is 1. The van der Waals surface area contributed by atoms with E-state index in [1.54, 1.807) is 12.3 Å². The van der Waals surface area contributed by atoms with Crippen molar-refractivity contribution < 1.29 is 24.2 Å². The van der Waals surface area contributed by atoms with Gasteiger partial charge < -0.3 is 20.1 Å². The number of aromatic nitrogens is 1. The maximum Gasteiger partial charge on any atom is 0.412 e. The number of hydrogen-bond acceptors (Lipinski definition) is 4. The summed E-state index contributed by atoms with van der Waals surface area (Å²) in [7, 11) is 0. The fraction of sp³-hybridized carbons (Fsp3) is 0.406. The van der Waals surface area contributed by atoms with Crippen molar-refractivity contribution in [3.05, 3.63) is 77.6 Å². The zero-order chi connectivity index (χ0) is 27.6. The van der Waals surface area contributed by atoms with Crippen LogP contribution >= 0.6 is 0 Å². The van der Waals surface area contributed by atoms with Crippen LogP contribution in [0, 0.1) is 23.7 Å². The largest absolute Gasteiger partial charge is 0.481 e. The first-order chi connectivity index (χ1) is 19.4. The van der Waals surface area contributed by atoms with Gasteiger partial charge in [-0.05, 0) is 79.9 Å². The van der Waals surface area contributed by atoms with Crippen LogP contribution in [0.15, 0.2) is 66.5 Å². The fourth-order valence-corrected chi connectivity index (χ4v) is 7.40. The molecule has 0 unspecified atom stereocenters. The Labute approximate surface area is 233 Å². The number of carboxylic acids is 1. The van der Waals surface area contributed by atoms with Crippen molar-refractivity contribution in [2.75, 3.05) is 0 Å². The molecule has 208 valence electrons. The molecular formula is C32H35N3O5. The quantitative estimate of drug-likeness (QED) is 0.275. The average molecular weight is 542 g/mol. The number of aromatic amines is 1. The minimum atomic E-state index is -1.02. The summed E-state index contributed by atoms with van der Waals surface area (Å²) in [5, 5.41) is 16.0. The molecule has 4 N–H and O–H groups in total. The number of benzene rings is 2. The predicted molar refractivity (Wildman–Crippen MR) is 151 cm³/mol. The molecule has 4 saturated carbocycles. The molecule has 40 heavy (non-hydrogen) atoms. The van der Waals surface area contributed by atoms with Crippen LogP contribution in [0.4, 0.5) is 4.79 Å². The molecule has 4 fully saturated rings. The highest BCUT2D eigenvalue weighted by atomic mass is 16.6. The lowest BCUT2D eigenvalue weighted by atomic mass is 9.55. The lowest BCUT2D eigenvalue weighted by molar-refractivity contribution is -0.137. The Hall–Kier alpha value is -4.07. The third-order valence-corrected chi connectivity index (χ3v) is 8.87. The van der Waals surface area contributed by atoms with Gasteiger partial charge in [-0.25, -0.2) is 4.79 Å². The number of ether oxygens (including phenoxy) is 1. The van der Waals surface area contributed by atoms with Gasteiger partial charge in [0, 0.05) is 28.7 Å². The van der Waals surface area contributed by atoms with Gasteiger partial charge in [0.05, 0.1) is 6.42 Å². The maximum atomic E-state index is 13.6. The van der Waals surface area contributed by atoms with Gasteiger partial charge in [0.1, 0.15) is 11.8 Å². The van der Waals surface area contributed by atoms with Gasteiger partial charge in [-0.2, -0.15) is 0 Å². The summed E-state index contributed by atoms with van der Waals surface area (Å²) in [6.07, 6.45) is 8.48. The molecule has 0 saturated heterocycles. The van der Waals surface area contributed by atoms with Crippen LogP contribution in [-0.4, -0.2) is 40.2 Å². The third-order valence-electron chi connectivity index (χ3n) is 8.87. The first-order valence-corrected chi connectivity index (χ1v) is 14.2. The van der Waals surface area contributed by atoms with Crippen molar-refractivity contribution in [1.82, 2.24) is 15.6 Å². The molecule has 0 radical (unpaired) electrons. The van der Waals surface area contributed by atoms with Gasteiger partial charge in [0.15, 0.2) is 0 Å². The van der Waals surface area contributed by atoms with E-state index < -0.39 is 24.0 Å². The molecule has 4 aliphatic carbocycles. The van der Waals surface area contributed by atoms with Crippen LogP contribution in [0.25, 0.3) is 17.0 Å². The minimum Gasteiger partial charge on any atom is -0.481 e. The van der Waals surface area contributed by atoms with Gasteiger partial charge in [-0.3, -0.25) is 14.9 Å². The number of rotatable bonds is 9. The monoisotopic (exact) mass is 541 g/mol. The number of carbonyl (C=O) groups is 3. The van der Waals surface area contributed by atoms with Crippen molar-refractivity contribution >= 4 is 34.9 Å². The van der Waals surface area contributed by atoms with Crippen molar-refractivity contribution in [2.45, 2.75) is 57.1 Å². The Morgan fingerprint density at radius 3 is 2.33 bits per heavy atom. The Morgan fingerprint density at radius 1 is 0.950 bits per heavy atom. The van der Waals surface area contributed by atoms with E-state index in [0.717, 1.165) is 59.5 Å². The molecular weight excluding hydrogens is 506 g/mol. The van der Waals surface area contributed by atoms with Crippen molar-refractivity contribution in [3.63, 3.8) is 0 Å². The summed E-state index contributed by atoms with van der Waals surface area (Å²) in [5.41, 5.74) is 2.55. The second kappa shape index (κ2) is 11.2. The first-order valence-electron chi connectivity index (χ1n) is 14.2. The molecule has 2 aromatic carbocycles. The fourth-order valence-electron chi connectivity index (χ4n) is 7.40. The van der Waals surface area contributed by atoms with E-state index >= 15 is 0 Å². The highest BCUT2D eigenvalue weighted by Crippen LogP contribution is 2.54. The molecule has 2 amide bonds. The topological polar surface area (TPSA) is 121 Å². The van der Waals surface area contributed by atoms with E-state index in [1.807, 2.05) is 54.6 Å². The van der Waals surface area contributed by atoms with Crippen LogP contribution in [0.2, 0.25) is 0 Å². The number of hydrogen-bond donors (Lipinski definition) is 4. The number of amides is 2. The maximum absolute atomic E-state index is 13.6. The van der Waals surface area contributed by atoms with Crippen molar-refractivity contribution in [1.29, 1.82) is 0 Å². The Balaban J connectivity index is 1.23. The van der Waals surface area contributed by atoms with E-state index in [4.69, 9.17) is 4.74 Å². The summed E-state index contributed by atoms with van der Waals surface area (Å²) in [5.74, 6) is 0.714. The molecule has 4 aliphatic rings. The molecule has 1 aromatic heterocycles. The zero-order valence-corrected chi connectivity index (χ0v) is 22.3. The van der Waals surface area contributed by atoms with E-state index in [0.29, 0.717) is 18.3 Å². The van der Waals surface area contributed by atoms with E-state index in [-0.39, 0.29) is 18.2 Å². The van der Waals surface area contributed by atoms with Gasteiger partial charge in [-0.15, -0.1) is 0 Å². The lowest BCUT2D eigenvalue weighted by Gasteiger charge is -2.53. The Bertz CT molecular complexity index is 1400. The lowest BCUT2D eigenvalue weighted by Crippen LogP contribution is -2.51. The van der Waals surface area contributed by atoms with Crippen LogP contribution in [0.1, 0.15) is 49.7 Å². The second-order valence-corrected chi connectivity index (χ2v) is 11.7. The molecule has 7 rings (SSSR count). The molecule has 0 aliphatic heterocycles. The van der Waals surface area contributed by atoms with Gasteiger partial charge in [0.2, 0.25) is 0 Å². The third kappa shape index (κ3) is 5.76. The van der Waals surface area contributed by atoms with Crippen LogP contribution in [0.5, 0.6) is 0 Å². The van der Waals surface area contributed by atoms with Crippen molar-refractivity contribution in [2.24, 2.45) is 23.7 Å². The SMILES string of the molecule is O=C(O)C[C@H](Cc1ccccc1)NC(=O)C(=Cc1c[nH]c2ccccc12)NC(=O)OC1C2CC3CC(C2)CC1C3. The normalized spacial score (nSPS) is 25.9. The number of carbonyl (C=O) groups excluding carboxylic acids is 2. The van der Waals surface area contributed by atoms with Crippen molar-refractivity contribution in [3.8, 4) is 0 Å². The van der Waals surface area contributed by atoms with Crippen LogP contribution in [0.3, 0.4) is 0 Å². The smallest absolute Gasteiger partial charge is 0.412 e. The molecule has 1 heterocycles. The van der Waals surface area contributed by atoms with Gasteiger partial charge >= 0.3 is 12.1 Å². The van der Waals surface area contributed by atoms with Gasteiger partial charge in [-0.1, -0.05) is 48.5 Å². The number of H-pyrrole nitrogens is 1. The van der Waals surface area contributed by atoms with Crippen LogP contribution < -0.4 is 10.6 Å². The summed E-state index contributed by atoms with van der Waals surface area (Å²) >= 11 is 0. The van der Waals surface area contributed by atoms with Crippen LogP contribution in [-0.2, 0) is 20.7 Å². The first kappa shape index (κ1) is 26.2. The number of aliphatic carboxylic acids is 1. The minimum absolute atomic E-state index is 0.0158. The number of carboxylic acid groups (broad SMARTS) is 1. The highest BCUT2D eigenvalue weighted by molar-refractivity contribution is 6.03. The number of nitrogens with one attached hydrogen (secondary N) is 3. The van der Waals surface area contributed by atoms with E-state index in [9.17, 15) is 19.5 Å². The average Bonchev–Trinajstić information content (AvgIpc) is 3.33. The second-order valence-electron chi connectivity index (χ2n) is 11.7. The van der Waals surface area contributed by atoms with E-state index in [1.165, 1.54) is 6.42 Å². The number of fused-ring (bicyclic) bond motifs is 1. The molecule has 4 bridgehead atoms. The summed E-state index contributed by atoms with van der Waals surface area (Å²) < 4.78 is 6.01. The van der Waals surface area contributed by atoms with Gasteiger partial charge in [0.25, 0.3) is 5.91 Å². The molecule has 8 heteroatoms. The summed E-state index contributed by atoms with van der Waals surface area (Å²) in [6, 6.07) is 16.4. The highest BCUT2D eigenvalue weighted by Gasteiger charge is 2.50. The zero-order valence-electron chi connectivity index (χ0n) is 22.3. The molecule has 0 spiro atoms. The Kier molecular flexibility index (Phi) is 7.32. The summed E-state index contributed by atoms with van der Waals surface area (Å²) in [6.45, 7) is 0. The molecule has 3 aromatic rings. The predicted octanol–water partition coefficient (Wildman–Crippen LogP) is 5.26. The summed E-state index contributed by atoms with van der Waals surface area (Å²) in [4.78, 5) is 41.7. The molecule has 8 nitrogen and oxygen atoms in total. The molecule has 1 atom stereocenters. The van der Waals surface area contributed by atoms with E-state index in [2.05, 4.69) is 15.6 Å². The number of para-hydroxylation sites is 1. The standard InChI is InChI=1S/C32H35N3O5/c36-29(37)17-25(15-19-6-2-1-3-7-19)34-31(38)28(16-24-18-33-27-9-5-4-8-26(24)27)35-32(39)40-30-22-11-20-10-21(13-22)14-23(30)12-20/h1-9,16,18,20-23,25,30,33H,10-15,17H2,(H,34,38)(H,35,39)(H,36,37)/t20?,21?,22?,23?,25-,30?/m0/s1.